The van der Waals surface area contributed by atoms with Crippen LogP contribution >= 0.6 is 0 Å². The second-order valence-corrected chi connectivity index (χ2v) is 5.23. The summed E-state index contributed by atoms with van der Waals surface area (Å²) in [6.07, 6.45) is 3.89. The number of aliphatic carboxylic acids is 1. The summed E-state index contributed by atoms with van der Waals surface area (Å²) in [5, 5.41) is 8.76. The standard InChI is InChI=1S/C12H20N2O3/c13-5-8-1-3-9(4-2-8)11(15)14-6-10(7-14)12(16)17/h8-10H,1-7,13H2,(H,16,17). The second kappa shape index (κ2) is 5.04. The number of nitrogens with zero attached hydrogens (tertiary/aromatic N) is 1. The lowest BCUT2D eigenvalue weighted by atomic mass is 9.80. The van der Waals surface area contributed by atoms with Gasteiger partial charge < -0.3 is 15.7 Å². The third kappa shape index (κ3) is 2.60. The van der Waals surface area contributed by atoms with E-state index in [1.165, 1.54) is 0 Å². The molecule has 1 aliphatic heterocycles. The van der Waals surface area contributed by atoms with Crippen LogP contribution in [0.1, 0.15) is 25.7 Å². The summed E-state index contributed by atoms with van der Waals surface area (Å²) >= 11 is 0. The Morgan fingerprint density at radius 3 is 2.18 bits per heavy atom. The van der Waals surface area contributed by atoms with Crippen molar-refractivity contribution in [3.8, 4) is 0 Å². The van der Waals surface area contributed by atoms with Gasteiger partial charge in [0.05, 0.1) is 5.92 Å². The van der Waals surface area contributed by atoms with Gasteiger partial charge in [0.1, 0.15) is 0 Å². The largest absolute Gasteiger partial charge is 0.481 e. The Kier molecular flexibility index (Phi) is 3.66. The first kappa shape index (κ1) is 12.4. The van der Waals surface area contributed by atoms with Crippen LogP contribution in [0, 0.1) is 17.8 Å². The van der Waals surface area contributed by atoms with Crippen LogP contribution in [0.4, 0.5) is 0 Å². The van der Waals surface area contributed by atoms with Gasteiger partial charge in [-0.25, -0.2) is 0 Å². The van der Waals surface area contributed by atoms with Gasteiger partial charge in [0.2, 0.25) is 5.91 Å². The van der Waals surface area contributed by atoms with E-state index in [0.29, 0.717) is 25.6 Å². The topological polar surface area (TPSA) is 83.6 Å². The third-order valence-electron chi connectivity index (χ3n) is 4.07. The van der Waals surface area contributed by atoms with Crippen molar-refractivity contribution >= 4 is 11.9 Å². The van der Waals surface area contributed by atoms with Gasteiger partial charge in [-0.1, -0.05) is 0 Å². The molecule has 5 nitrogen and oxygen atoms in total. The molecule has 2 rings (SSSR count). The number of hydrogen-bond acceptors (Lipinski definition) is 3. The molecule has 0 aromatic carbocycles. The Morgan fingerprint density at radius 2 is 1.71 bits per heavy atom. The minimum atomic E-state index is -0.791. The molecule has 0 unspecified atom stereocenters. The number of hydrogen-bond donors (Lipinski definition) is 2. The summed E-state index contributed by atoms with van der Waals surface area (Å²) < 4.78 is 0. The monoisotopic (exact) mass is 240 g/mol. The first-order valence-corrected chi connectivity index (χ1v) is 6.33. The molecule has 96 valence electrons. The molecule has 1 aliphatic carbocycles. The maximum atomic E-state index is 12.0. The van der Waals surface area contributed by atoms with Crippen LogP contribution in [0.2, 0.25) is 0 Å². The predicted molar refractivity (Wildman–Crippen MR) is 62.2 cm³/mol. The van der Waals surface area contributed by atoms with Gasteiger partial charge in [-0.15, -0.1) is 0 Å². The quantitative estimate of drug-likeness (QED) is 0.743. The highest BCUT2D eigenvalue weighted by Crippen LogP contribution is 2.31. The normalized spacial score (nSPS) is 29.8. The molecule has 1 saturated carbocycles. The minimum absolute atomic E-state index is 0.104. The van der Waals surface area contributed by atoms with E-state index in [1.807, 2.05) is 0 Å². The van der Waals surface area contributed by atoms with Crippen LogP contribution in [0.15, 0.2) is 0 Å². The molecular formula is C12H20N2O3. The van der Waals surface area contributed by atoms with E-state index < -0.39 is 5.97 Å². The van der Waals surface area contributed by atoms with E-state index in [0.717, 1.165) is 25.7 Å². The first-order chi connectivity index (χ1) is 8.11. The van der Waals surface area contributed by atoms with Crippen molar-refractivity contribution in [3.63, 3.8) is 0 Å². The fourth-order valence-electron chi connectivity index (χ4n) is 2.72. The van der Waals surface area contributed by atoms with Gasteiger partial charge in [-0.2, -0.15) is 0 Å². The number of likely N-dealkylation sites (tertiary alicyclic amines) is 1. The lowest BCUT2D eigenvalue weighted by Crippen LogP contribution is -2.55. The molecule has 0 bridgehead atoms. The van der Waals surface area contributed by atoms with Crippen molar-refractivity contribution in [1.29, 1.82) is 0 Å². The Balaban J connectivity index is 1.77. The summed E-state index contributed by atoms with van der Waals surface area (Å²) in [5.74, 6) is -0.312. The van der Waals surface area contributed by atoms with E-state index in [2.05, 4.69) is 0 Å². The molecule has 3 N–H and O–H groups in total. The van der Waals surface area contributed by atoms with E-state index >= 15 is 0 Å². The molecular weight excluding hydrogens is 220 g/mol. The number of nitrogens with two attached hydrogens (primary N) is 1. The van der Waals surface area contributed by atoms with Crippen molar-refractivity contribution in [3.05, 3.63) is 0 Å². The Hall–Kier alpha value is -1.10. The number of amides is 1. The second-order valence-electron chi connectivity index (χ2n) is 5.23. The summed E-state index contributed by atoms with van der Waals surface area (Å²) in [4.78, 5) is 24.4. The molecule has 0 atom stereocenters. The van der Waals surface area contributed by atoms with Gasteiger partial charge in [-0.3, -0.25) is 9.59 Å². The number of rotatable bonds is 3. The maximum Gasteiger partial charge on any atom is 0.310 e. The Bertz CT molecular complexity index is 305. The zero-order valence-electron chi connectivity index (χ0n) is 9.97. The van der Waals surface area contributed by atoms with E-state index in [1.54, 1.807) is 4.90 Å². The summed E-state index contributed by atoms with van der Waals surface area (Å²) in [6, 6.07) is 0. The summed E-state index contributed by atoms with van der Waals surface area (Å²) in [6.45, 7) is 1.50. The zero-order chi connectivity index (χ0) is 12.4. The highest BCUT2D eigenvalue weighted by atomic mass is 16.4. The molecule has 1 amide bonds. The molecule has 0 spiro atoms. The molecule has 2 aliphatic rings. The maximum absolute atomic E-state index is 12.0. The van der Waals surface area contributed by atoms with E-state index in [4.69, 9.17) is 10.8 Å². The zero-order valence-corrected chi connectivity index (χ0v) is 9.97. The molecule has 0 aromatic heterocycles. The van der Waals surface area contributed by atoms with Gasteiger partial charge in [0.15, 0.2) is 0 Å². The average Bonchev–Trinajstić information content (AvgIpc) is 2.26. The first-order valence-electron chi connectivity index (χ1n) is 6.33. The Labute approximate surface area is 101 Å². The van der Waals surface area contributed by atoms with Gasteiger partial charge in [-0.05, 0) is 38.1 Å². The summed E-state index contributed by atoms with van der Waals surface area (Å²) in [5.41, 5.74) is 5.61. The van der Waals surface area contributed by atoms with Crippen molar-refractivity contribution in [2.75, 3.05) is 19.6 Å². The van der Waals surface area contributed by atoms with Crippen LogP contribution in [0.3, 0.4) is 0 Å². The highest BCUT2D eigenvalue weighted by Gasteiger charge is 2.38. The van der Waals surface area contributed by atoms with Gasteiger partial charge in [0, 0.05) is 19.0 Å². The number of carboxylic acid groups (broad SMARTS) is 1. The van der Waals surface area contributed by atoms with Crippen molar-refractivity contribution in [2.45, 2.75) is 25.7 Å². The molecule has 1 heterocycles. The average molecular weight is 240 g/mol. The van der Waals surface area contributed by atoms with E-state index in [9.17, 15) is 9.59 Å². The fraction of sp³-hybridized carbons (Fsp3) is 0.833. The van der Waals surface area contributed by atoms with Crippen molar-refractivity contribution < 1.29 is 14.7 Å². The molecule has 1 saturated heterocycles. The van der Waals surface area contributed by atoms with Crippen LogP contribution in [0.5, 0.6) is 0 Å². The van der Waals surface area contributed by atoms with Crippen LogP contribution in [0.25, 0.3) is 0 Å². The number of carboxylic acids is 1. The SMILES string of the molecule is NCC1CCC(C(=O)N2CC(C(=O)O)C2)CC1. The minimum Gasteiger partial charge on any atom is -0.481 e. The van der Waals surface area contributed by atoms with Crippen LogP contribution < -0.4 is 5.73 Å². The predicted octanol–water partition coefficient (Wildman–Crippen LogP) is 0.294. The van der Waals surface area contributed by atoms with Crippen LogP contribution in [-0.4, -0.2) is 41.5 Å². The van der Waals surface area contributed by atoms with E-state index in [-0.39, 0.29) is 17.7 Å². The van der Waals surface area contributed by atoms with Gasteiger partial charge >= 0.3 is 5.97 Å². The van der Waals surface area contributed by atoms with Crippen molar-refractivity contribution in [1.82, 2.24) is 4.90 Å². The highest BCUT2D eigenvalue weighted by molar-refractivity contribution is 5.82. The lowest BCUT2D eigenvalue weighted by molar-refractivity contribution is -0.155. The molecule has 17 heavy (non-hydrogen) atoms. The Morgan fingerprint density at radius 1 is 1.12 bits per heavy atom. The smallest absolute Gasteiger partial charge is 0.310 e. The molecule has 0 aromatic rings. The number of carbonyl (C=O) groups is 2. The number of carbonyl (C=O) groups excluding carboxylic acids is 1. The van der Waals surface area contributed by atoms with Crippen molar-refractivity contribution in [2.24, 2.45) is 23.5 Å². The van der Waals surface area contributed by atoms with Gasteiger partial charge in [0.25, 0.3) is 0 Å². The summed E-state index contributed by atoms with van der Waals surface area (Å²) in [7, 11) is 0. The third-order valence-corrected chi connectivity index (χ3v) is 4.07. The molecule has 2 fully saturated rings. The molecule has 0 radical (unpaired) electrons. The molecule has 5 heteroatoms. The fourth-order valence-corrected chi connectivity index (χ4v) is 2.72. The lowest BCUT2D eigenvalue weighted by Gasteiger charge is -2.40. The van der Waals surface area contributed by atoms with Crippen LogP contribution in [-0.2, 0) is 9.59 Å².